The number of allylic oxidation sites excluding steroid dienone is 3. The second-order valence-electron chi connectivity index (χ2n) is 9.05. The Kier molecular flexibility index (Phi) is 6.60. The fourth-order valence-corrected chi connectivity index (χ4v) is 6.46. The van der Waals surface area contributed by atoms with Crippen molar-refractivity contribution >= 4 is 45.1 Å². The highest BCUT2D eigenvalue weighted by atomic mass is 35.5. The molecular weight excluding hydrogens is 494 g/mol. The minimum Gasteiger partial charge on any atom is -0.217 e. The lowest BCUT2D eigenvalue weighted by Gasteiger charge is -2.14. The summed E-state index contributed by atoms with van der Waals surface area (Å²) in [4.78, 5) is 5.79. The first-order valence-corrected chi connectivity index (χ1v) is 13.5. The van der Waals surface area contributed by atoms with Crippen LogP contribution in [0.3, 0.4) is 0 Å². The van der Waals surface area contributed by atoms with Gasteiger partial charge in [-0.15, -0.1) is 16.9 Å². The van der Waals surface area contributed by atoms with E-state index in [-0.39, 0.29) is 5.29 Å². The lowest BCUT2D eigenvalue weighted by molar-refractivity contribution is 0.871. The van der Waals surface area contributed by atoms with Crippen LogP contribution in [0.15, 0.2) is 136 Å². The van der Waals surface area contributed by atoms with Gasteiger partial charge in [0, 0.05) is 21.6 Å². The number of nitrogens with zero attached hydrogens (tertiary/aromatic N) is 3. The zero-order valence-corrected chi connectivity index (χ0v) is 21.7. The Morgan fingerprint density at radius 2 is 1.65 bits per heavy atom. The Morgan fingerprint density at radius 1 is 0.865 bits per heavy atom. The van der Waals surface area contributed by atoms with Crippen molar-refractivity contribution in [1.82, 2.24) is 0 Å². The number of fused-ring (bicyclic) bond motifs is 4. The lowest BCUT2D eigenvalue weighted by atomic mass is 9.91. The molecule has 0 saturated heterocycles. The maximum atomic E-state index is 6.36. The monoisotopic (exact) mass is 517 g/mol. The number of rotatable bonds is 5. The van der Waals surface area contributed by atoms with Crippen LogP contribution in [-0.2, 0) is 6.54 Å². The topological polar surface area (TPSA) is 37.1 Å². The third-order valence-electron chi connectivity index (χ3n) is 6.73. The molecule has 0 fully saturated rings. The number of hydrogen-bond acceptors (Lipinski definition) is 3. The van der Waals surface area contributed by atoms with Crippen LogP contribution < -0.4 is 0 Å². The molecule has 37 heavy (non-hydrogen) atoms. The molecule has 0 spiro atoms. The molecule has 4 aromatic carbocycles. The summed E-state index contributed by atoms with van der Waals surface area (Å²) >= 11 is 8.28. The number of hydrogen-bond donors (Lipinski definition) is 0. The molecule has 2 atom stereocenters. The van der Waals surface area contributed by atoms with Crippen molar-refractivity contribution in [2.45, 2.75) is 22.6 Å². The first-order valence-electron chi connectivity index (χ1n) is 12.2. The van der Waals surface area contributed by atoms with Gasteiger partial charge in [-0.25, -0.2) is 4.99 Å². The number of benzene rings is 4. The fraction of sp³-hybridized carbons (Fsp3) is 0.0938. The number of amidine groups is 1. The average Bonchev–Trinajstić information content (AvgIpc) is 3.31. The fourth-order valence-electron chi connectivity index (χ4n) is 4.98. The zero-order valence-electron chi connectivity index (χ0n) is 20.1. The molecule has 1 aliphatic carbocycles. The second kappa shape index (κ2) is 10.3. The summed E-state index contributed by atoms with van der Waals surface area (Å²) in [6, 6.07) is 29.3. The largest absolute Gasteiger partial charge is 0.243 e. The molecule has 0 amide bonds. The highest BCUT2D eigenvalue weighted by Gasteiger charge is 2.30. The minimum atomic E-state index is 0.0679. The maximum absolute atomic E-state index is 6.36. The van der Waals surface area contributed by atoms with E-state index in [1.807, 2.05) is 36.0 Å². The zero-order chi connectivity index (χ0) is 25.2. The van der Waals surface area contributed by atoms with Crippen LogP contribution in [0.4, 0.5) is 0 Å². The third kappa shape index (κ3) is 4.83. The van der Waals surface area contributed by atoms with Crippen LogP contribution in [0.2, 0.25) is 0 Å². The summed E-state index contributed by atoms with van der Waals surface area (Å²) < 4.78 is 0. The highest BCUT2D eigenvalue weighted by Crippen LogP contribution is 2.48. The van der Waals surface area contributed by atoms with Crippen LogP contribution in [0.5, 0.6) is 0 Å². The van der Waals surface area contributed by atoms with E-state index in [1.165, 1.54) is 21.6 Å². The normalized spacial score (nSPS) is 18.4. The molecule has 0 radical (unpaired) electrons. The Labute approximate surface area is 226 Å². The van der Waals surface area contributed by atoms with Gasteiger partial charge in [0.15, 0.2) is 0 Å². The van der Waals surface area contributed by atoms with Gasteiger partial charge >= 0.3 is 0 Å². The molecule has 4 aromatic rings. The molecule has 180 valence electrons. The third-order valence-corrected chi connectivity index (χ3v) is 8.24. The van der Waals surface area contributed by atoms with Crippen molar-refractivity contribution in [1.29, 1.82) is 0 Å². The quantitative estimate of drug-likeness (QED) is 0.112. The molecule has 2 unspecified atom stereocenters. The molecule has 0 aromatic heterocycles. The summed E-state index contributed by atoms with van der Waals surface area (Å²) in [5, 5.41) is 11.2. The van der Waals surface area contributed by atoms with E-state index >= 15 is 0 Å². The van der Waals surface area contributed by atoms with Gasteiger partial charge in [0.05, 0.1) is 12.2 Å². The molecule has 1 aliphatic heterocycles. The Bertz CT molecular complexity index is 1620. The van der Waals surface area contributed by atoms with Crippen LogP contribution in [0.1, 0.15) is 22.6 Å². The molecule has 3 nitrogen and oxygen atoms in total. The molecule has 6 rings (SSSR count). The average molecular weight is 518 g/mol. The predicted molar refractivity (Wildman–Crippen MR) is 157 cm³/mol. The van der Waals surface area contributed by atoms with Crippen LogP contribution in [0.25, 0.3) is 27.6 Å². The highest BCUT2D eigenvalue weighted by molar-refractivity contribution is 8.00. The molecular formula is C32H24ClN3S. The number of aliphatic imine (C=N–C) groups is 1. The summed E-state index contributed by atoms with van der Waals surface area (Å²) in [7, 11) is 0. The van der Waals surface area contributed by atoms with E-state index in [1.54, 1.807) is 0 Å². The first-order chi connectivity index (χ1) is 18.2. The van der Waals surface area contributed by atoms with E-state index in [0.717, 1.165) is 21.9 Å². The van der Waals surface area contributed by atoms with Crippen molar-refractivity contribution in [2.24, 2.45) is 15.2 Å². The second-order valence-corrected chi connectivity index (χ2v) is 10.6. The summed E-state index contributed by atoms with van der Waals surface area (Å²) in [5.41, 5.74) is 6.28. The van der Waals surface area contributed by atoms with Crippen molar-refractivity contribution in [2.75, 3.05) is 0 Å². The number of azo groups is 1. The summed E-state index contributed by atoms with van der Waals surface area (Å²) in [6.07, 6.45) is 8.81. The predicted octanol–water partition coefficient (Wildman–Crippen LogP) is 9.41. The van der Waals surface area contributed by atoms with Gasteiger partial charge in [-0.3, -0.25) is 0 Å². The number of thioether (sulfide) groups is 1. The van der Waals surface area contributed by atoms with Gasteiger partial charge in [0.2, 0.25) is 5.29 Å². The molecule has 5 heteroatoms. The lowest BCUT2D eigenvalue weighted by Crippen LogP contribution is -2.06. The van der Waals surface area contributed by atoms with Gasteiger partial charge in [0.1, 0.15) is 0 Å². The molecule has 2 aliphatic rings. The van der Waals surface area contributed by atoms with Gasteiger partial charge in [-0.05, 0) is 50.7 Å². The van der Waals surface area contributed by atoms with Gasteiger partial charge in [-0.2, -0.15) is 5.11 Å². The van der Waals surface area contributed by atoms with E-state index in [4.69, 9.17) is 11.6 Å². The number of halogens is 1. The summed E-state index contributed by atoms with van der Waals surface area (Å²) in [5.74, 6) is 0.429. The molecule has 1 heterocycles. The van der Waals surface area contributed by atoms with Crippen molar-refractivity contribution < 1.29 is 0 Å². The molecule has 0 bridgehead atoms. The van der Waals surface area contributed by atoms with Crippen molar-refractivity contribution in [3.63, 3.8) is 0 Å². The Hall–Kier alpha value is -3.73. The van der Waals surface area contributed by atoms with E-state index in [2.05, 4.69) is 107 Å². The molecule has 0 N–H and O–H groups in total. The standard InChI is InChI=1S/C32H24ClN3S/c1-21(24-16-17-25(23-9-3-2-4-10-23)27-12-6-5-11-26(24)27)35-32(33)36-34-20-22-15-18-31-29(19-22)28-13-7-8-14-30(28)37-31/h2-19,28,30H,1,20H2. The summed E-state index contributed by atoms with van der Waals surface area (Å²) in [6.45, 7) is 4.62. The van der Waals surface area contributed by atoms with E-state index < -0.39 is 0 Å². The maximum Gasteiger partial charge on any atom is 0.243 e. The van der Waals surface area contributed by atoms with Gasteiger partial charge < -0.3 is 0 Å². The smallest absolute Gasteiger partial charge is 0.217 e. The van der Waals surface area contributed by atoms with Crippen molar-refractivity contribution in [3.05, 3.63) is 133 Å². The van der Waals surface area contributed by atoms with E-state index in [0.29, 0.717) is 23.4 Å². The first kappa shape index (κ1) is 23.7. The van der Waals surface area contributed by atoms with Crippen LogP contribution in [0, 0.1) is 0 Å². The Morgan fingerprint density at radius 3 is 2.51 bits per heavy atom. The van der Waals surface area contributed by atoms with Gasteiger partial charge in [0.25, 0.3) is 0 Å². The SMILES string of the molecule is C=C(N=C(Cl)N=NCc1ccc2c(c1)C1C=CC=CC1S2)c1ccc(-c2ccccc2)c2ccccc12. The van der Waals surface area contributed by atoms with Gasteiger partial charge in [-0.1, -0.05) is 110 Å². The van der Waals surface area contributed by atoms with E-state index in [9.17, 15) is 0 Å². The van der Waals surface area contributed by atoms with Crippen molar-refractivity contribution in [3.8, 4) is 11.1 Å². The Balaban J connectivity index is 1.20. The minimum absolute atomic E-state index is 0.0679. The van der Waals surface area contributed by atoms with Crippen LogP contribution in [-0.4, -0.2) is 10.5 Å². The van der Waals surface area contributed by atoms with Crippen LogP contribution >= 0.6 is 23.4 Å². The molecule has 0 saturated carbocycles.